The van der Waals surface area contributed by atoms with Crippen molar-refractivity contribution in [2.24, 2.45) is 0 Å². The molecule has 3 heteroatoms. The minimum atomic E-state index is 0.101. The van der Waals surface area contributed by atoms with E-state index in [1.165, 1.54) is 40.9 Å². The molecule has 1 aliphatic carbocycles. The molecular weight excluding hydrogens is 320 g/mol. The number of hydrogen-bond acceptors (Lipinski definition) is 1. The molecule has 1 aromatic heterocycles. The second kappa shape index (κ2) is 6.99. The van der Waals surface area contributed by atoms with E-state index in [0.29, 0.717) is 12.6 Å². The predicted octanol–water partition coefficient (Wildman–Crippen LogP) is 4.77. The van der Waals surface area contributed by atoms with Crippen molar-refractivity contribution < 1.29 is 4.79 Å². The third-order valence-corrected chi connectivity index (χ3v) is 5.51. The zero-order valence-corrected chi connectivity index (χ0v) is 15.6. The van der Waals surface area contributed by atoms with Crippen molar-refractivity contribution in [2.45, 2.75) is 39.2 Å². The molecule has 0 atom stereocenters. The number of aryl methyl sites for hydroxylation is 1. The number of amides is 1. The summed E-state index contributed by atoms with van der Waals surface area (Å²) in [5, 5.41) is 0. The number of hydrogen-bond donors (Lipinski definition) is 0. The van der Waals surface area contributed by atoms with E-state index in [1.54, 1.807) is 6.08 Å². The Hall–Kier alpha value is -2.55. The first-order valence-corrected chi connectivity index (χ1v) is 9.53. The van der Waals surface area contributed by atoms with Crippen molar-refractivity contribution in [2.75, 3.05) is 13.1 Å². The van der Waals surface area contributed by atoms with Crippen LogP contribution in [0.3, 0.4) is 0 Å². The van der Waals surface area contributed by atoms with Crippen LogP contribution in [0.4, 0.5) is 0 Å². The van der Waals surface area contributed by atoms with Gasteiger partial charge in [0.25, 0.3) is 0 Å². The maximum atomic E-state index is 12.6. The standard InChI is InChI=1S/C23H26N2O/c1-17-16-21(18(2)25(17)22-9-10-22)8-11-23(26)24-14-12-20(13-15-24)19-6-4-3-5-7-19/h3-8,11-12,16,22H,9-10,13-15H2,1-2H3/b11-8+. The van der Waals surface area contributed by atoms with Crippen molar-refractivity contribution in [1.29, 1.82) is 0 Å². The normalized spacial score (nSPS) is 17.6. The van der Waals surface area contributed by atoms with Gasteiger partial charge in [-0.15, -0.1) is 0 Å². The van der Waals surface area contributed by atoms with E-state index in [1.807, 2.05) is 17.0 Å². The minimum Gasteiger partial charge on any atom is -0.346 e. The lowest BCUT2D eigenvalue weighted by molar-refractivity contribution is -0.125. The molecule has 2 aliphatic rings. The first-order valence-electron chi connectivity index (χ1n) is 9.53. The van der Waals surface area contributed by atoms with Crippen molar-refractivity contribution in [1.82, 2.24) is 9.47 Å². The third kappa shape index (κ3) is 3.39. The molecule has 0 bridgehead atoms. The van der Waals surface area contributed by atoms with Crippen molar-refractivity contribution >= 4 is 17.6 Å². The summed E-state index contributed by atoms with van der Waals surface area (Å²) >= 11 is 0. The molecule has 1 amide bonds. The molecule has 2 heterocycles. The summed E-state index contributed by atoms with van der Waals surface area (Å²) in [5.41, 5.74) is 6.35. The van der Waals surface area contributed by atoms with Crippen LogP contribution in [0.15, 0.2) is 48.6 Å². The number of carbonyl (C=O) groups is 1. The van der Waals surface area contributed by atoms with Crippen LogP contribution in [0, 0.1) is 13.8 Å². The molecule has 26 heavy (non-hydrogen) atoms. The fraction of sp³-hybridized carbons (Fsp3) is 0.348. The summed E-state index contributed by atoms with van der Waals surface area (Å²) in [6, 6.07) is 13.3. The van der Waals surface area contributed by atoms with Crippen LogP contribution in [-0.2, 0) is 4.79 Å². The lowest BCUT2D eigenvalue weighted by Gasteiger charge is -2.25. The molecule has 0 N–H and O–H groups in total. The summed E-state index contributed by atoms with van der Waals surface area (Å²) in [5.74, 6) is 0.101. The first-order chi connectivity index (χ1) is 12.6. The number of aromatic nitrogens is 1. The van der Waals surface area contributed by atoms with E-state index >= 15 is 0 Å². The van der Waals surface area contributed by atoms with Crippen LogP contribution in [0.2, 0.25) is 0 Å². The summed E-state index contributed by atoms with van der Waals surface area (Å²) in [4.78, 5) is 14.5. The number of nitrogens with zero attached hydrogens (tertiary/aromatic N) is 2. The number of carbonyl (C=O) groups excluding carboxylic acids is 1. The van der Waals surface area contributed by atoms with Gasteiger partial charge >= 0.3 is 0 Å². The average Bonchev–Trinajstić information content (AvgIpc) is 3.46. The molecule has 3 nitrogen and oxygen atoms in total. The fourth-order valence-corrected chi connectivity index (χ4v) is 3.92. The molecule has 1 fully saturated rings. The smallest absolute Gasteiger partial charge is 0.246 e. The molecule has 1 saturated carbocycles. The van der Waals surface area contributed by atoms with Gasteiger partial charge in [0.15, 0.2) is 0 Å². The van der Waals surface area contributed by atoms with Crippen molar-refractivity contribution in [3.8, 4) is 0 Å². The summed E-state index contributed by atoms with van der Waals surface area (Å²) in [6.45, 7) is 5.79. The fourth-order valence-electron chi connectivity index (χ4n) is 3.92. The van der Waals surface area contributed by atoms with Gasteiger partial charge in [0.2, 0.25) is 5.91 Å². The van der Waals surface area contributed by atoms with Crippen LogP contribution in [0.1, 0.15) is 47.8 Å². The highest BCUT2D eigenvalue weighted by Crippen LogP contribution is 2.38. The molecule has 2 aromatic rings. The van der Waals surface area contributed by atoms with E-state index in [-0.39, 0.29) is 5.91 Å². The lowest BCUT2D eigenvalue weighted by atomic mass is 9.99. The summed E-state index contributed by atoms with van der Waals surface area (Å²) in [6.07, 6.45) is 9.38. The predicted molar refractivity (Wildman–Crippen MR) is 107 cm³/mol. The molecule has 0 radical (unpaired) electrons. The Morgan fingerprint density at radius 3 is 2.58 bits per heavy atom. The maximum Gasteiger partial charge on any atom is 0.246 e. The second-order valence-electron chi connectivity index (χ2n) is 7.39. The van der Waals surface area contributed by atoms with E-state index < -0.39 is 0 Å². The van der Waals surface area contributed by atoms with Gasteiger partial charge in [0.1, 0.15) is 0 Å². The van der Waals surface area contributed by atoms with Gasteiger partial charge in [-0.3, -0.25) is 4.79 Å². The van der Waals surface area contributed by atoms with Crippen LogP contribution < -0.4 is 0 Å². The zero-order valence-electron chi connectivity index (χ0n) is 15.6. The Morgan fingerprint density at radius 2 is 1.92 bits per heavy atom. The second-order valence-corrected chi connectivity index (χ2v) is 7.39. The zero-order chi connectivity index (χ0) is 18.1. The van der Waals surface area contributed by atoms with E-state index in [4.69, 9.17) is 0 Å². The number of rotatable bonds is 4. The Bertz CT molecular complexity index is 869. The van der Waals surface area contributed by atoms with Gasteiger partial charge < -0.3 is 9.47 Å². The van der Waals surface area contributed by atoms with Crippen LogP contribution >= 0.6 is 0 Å². The Balaban J connectivity index is 1.42. The molecule has 134 valence electrons. The quantitative estimate of drug-likeness (QED) is 0.732. The number of benzene rings is 1. The maximum absolute atomic E-state index is 12.6. The van der Waals surface area contributed by atoms with Gasteiger partial charge in [-0.1, -0.05) is 36.4 Å². The lowest BCUT2D eigenvalue weighted by Crippen LogP contribution is -2.33. The highest BCUT2D eigenvalue weighted by molar-refractivity contribution is 5.92. The van der Waals surface area contributed by atoms with E-state index in [2.05, 4.69) is 54.8 Å². The molecule has 0 unspecified atom stereocenters. The Kier molecular flexibility index (Phi) is 4.54. The topological polar surface area (TPSA) is 25.2 Å². The summed E-state index contributed by atoms with van der Waals surface area (Å²) in [7, 11) is 0. The van der Waals surface area contributed by atoms with Gasteiger partial charge in [0.05, 0.1) is 0 Å². The van der Waals surface area contributed by atoms with Gasteiger partial charge in [-0.25, -0.2) is 0 Å². The van der Waals surface area contributed by atoms with Gasteiger partial charge in [-0.05, 0) is 62.0 Å². The Morgan fingerprint density at radius 1 is 1.15 bits per heavy atom. The molecular formula is C23H26N2O. The molecule has 1 aromatic carbocycles. The molecule has 0 spiro atoms. The van der Waals surface area contributed by atoms with E-state index in [9.17, 15) is 4.79 Å². The molecule has 1 aliphatic heterocycles. The first kappa shape index (κ1) is 16.9. The third-order valence-electron chi connectivity index (χ3n) is 5.51. The van der Waals surface area contributed by atoms with Crippen LogP contribution in [0.25, 0.3) is 11.6 Å². The van der Waals surface area contributed by atoms with Gasteiger partial charge in [0, 0.05) is 36.6 Å². The van der Waals surface area contributed by atoms with Crippen LogP contribution in [-0.4, -0.2) is 28.5 Å². The Labute approximate surface area is 155 Å². The highest BCUT2D eigenvalue weighted by Gasteiger charge is 2.26. The minimum absolute atomic E-state index is 0.101. The van der Waals surface area contributed by atoms with Crippen molar-refractivity contribution in [3.63, 3.8) is 0 Å². The highest BCUT2D eigenvalue weighted by atomic mass is 16.2. The van der Waals surface area contributed by atoms with Crippen molar-refractivity contribution in [3.05, 3.63) is 71.1 Å². The van der Waals surface area contributed by atoms with Crippen LogP contribution in [0.5, 0.6) is 0 Å². The summed E-state index contributed by atoms with van der Waals surface area (Å²) < 4.78 is 2.42. The van der Waals surface area contributed by atoms with E-state index in [0.717, 1.165) is 13.0 Å². The molecule has 0 saturated heterocycles. The monoisotopic (exact) mass is 346 g/mol. The molecule has 4 rings (SSSR count). The SMILES string of the molecule is Cc1cc(/C=C/C(=O)N2CC=C(c3ccccc3)CC2)c(C)n1C1CC1. The largest absolute Gasteiger partial charge is 0.346 e. The van der Waals surface area contributed by atoms with Gasteiger partial charge in [-0.2, -0.15) is 0 Å². The average molecular weight is 346 g/mol.